The first-order valence-corrected chi connectivity index (χ1v) is 7.04. The van der Waals surface area contributed by atoms with Gasteiger partial charge < -0.3 is 5.11 Å². The molecule has 0 fully saturated rings. The summed E-state index contributed by atoms with van der Waals surface area (Å²) < 4.78 is 0. The second-order valence-corrected chi connectivity index (χ2v) is 5.40. The Bertz CT molecular complexity index is 643. The molecule has 0 aliphatic carbocycles. The average molecular weight is 294 g/mol. The molecule has 0 saturated heterocycles. The number of aromatic nitrogens is 1. The molecule has 1 amide bonds. The summed E-state index contributed by atoms with van der Waals surface area (Å²) in [6, 6.07) is 1.70. The summed E-state index contributed by atoms with van der Waals surface area (Å²) in [7, 11) is 0. The minimum Gasteiger partial charge on any atom is -0.478 e. The third-order valence-corrected chi connectivity index (χ3v) is 3.95. The monoisotopic (exact) mass is 294 g/mol. The number of aryl methyl sites for hydroxylation is 1. The molecule has 98 valence electrons. The SMILES string of the molecule is Cc1csc(NC(=O)c2sccc2C=CC(=O)O)n1. The van der Waals surface area contributed by atoms with Gasteiger partial charge in [-0.3, -0.25) is 10.1 Å². The minimum atomic E-state index is -1.05. The van der Waals surface area contributed by atoms with Gasteiger partial charge in [0.15, 0.2) is 5.13 Å². The van der Waals surface area contributed by atoms with Gasteiger partial charge in [-0.15, -0.1) is 22.7 Å². The molecule has 2 rings (SSSR count). The van der Waals surface area contributed by atoms with Gasteiger partial charge in [-0.1, -0.05) is 0 Å². The third kappa shape index (κ3) is 3.49. The highest BCUT2D eigenvalue weighted by molar-refractivity contribution is 7.14. The number of carbonyl (C=O) groups excluding carboxylic acids is 1. The fraction of sp³-hybridized carbons (Fsp3) is 0.0833. The molecule has 0 spiro atoms. The number of aliphatic carboxylic acids is 1. The Morgan fingerprint density at radius 2 is 2.21 bits per heavy atom. The van der Waals surface area contributed by atoms with Crippen molar-refractivity contribution in [2.45, 2.75) is 6.92 Å². The van der Waals surface area contributed by atoms with Crippen LogP contribution in [0.4, 0.5) is 5.13 Å². The molecule has 0 radical (unpaired) electrons. The van der Waals surface area contributed by atoms with E-state index in [4.69, 9.17) is 5.11 Å². The van der Waals surface area contributed by atoms with Crippen LogP contribution in [0.3, 0.4) is 0 Å². The number of hydrogen-bond acceptors (Lipinski definition) is 5. The van der Waals surface area contributed by atoms with E-state index in [2.05, 4.69) is 10.3 Å². The highest BCUT2D eigenvalue weighted by Gasteiger charge is 2.13. The first kappa shape index (κ1) is 13.4. The van der Waals surface area contributed by atoms with E-state index in [1.165, 1.54) is 28.7 Å². The molecule has 5 nitrogen and oxygen atoms in total. The summed E-state index contributed by atoms with van der Waals surface area (Å²) in [5.74, 6) is -1.33. The van der Waals surface area contributed by atoms with Crippen LogP contribution in [0.2, 0.25) is 0 Å². The molecule has 0 unspecified atom stereocenters. The lowest BCUT2D eigenvalue weighted by molar-refractivity contribution is -0.131. The smallest absolute Gasteiger partial charge is 0.328 e. The van der Waals surface area contributed by atoms with Crippen molar-refractivity contribution in [1.29, 1.82) is 0 Å². The zero-order chi connectivity index (χ0) is 13.8. The lowest BCUT2D eigenvalue weighted by atomic mass is 10.2. The quantitative estimate of drug-likeness (QED) is 0.850. The van der Waals surface area contributed by atoms with Gasteiger partial charge in [-0.2, -0.15) is 0 Å². The van der Waals surface area contributed by atoms with Crippen LogP contribution in [0, 0.1) is 6.92 Å². The number of thiazole rings is 1. The van der Waals surface area contributed by atoms with E-state index >= 15 is 0 Å². The number of carbonyl (C=O) groups is 2. The number of nitrogens with one attached hydrogen (secondary N) is 1. The third-order valence-electron chi connectivity index (χ3n) is 2.15. The van der Waals surface area contributed by atoms with E-state index in [1.54, 1.807) is 11.4 Å². The molecule has 2 N–H and O–H groups in total. The van der Waals surface area contributed by atoms with Crippen molar-refractivity contribution in [1.82, 2.24) is 4.98 Å². The molecule has 2 aromatic rings. The summed E-state index contributed by atoms with van der Waals surface area (Å²) in [6.07, 6.45) is 2.41. The Labute approximate surface area is 117 Å². The number of amides is 1. The molecule has 0 aliphatic rings. The van der Waals surface area contributed by atoms with Crippen LogP contribution in [0.15, 0.2) is 22.9 Å². The van der Waals surface area contributed by atoms with Crippen molar-refractivity contribution in [2.75, 3.05) is 5.32 Å². The van der Waals surface area contributed by atoms with Gasteiger partial charge in [0, 0.05) is 11.5 Å². The van der Waals surface area contributed by atoms with Crippen molar-refractivity contribution in [3.05, 3.63) is 39.0 Å². The number of hydrogen-bond donors (Lipinski definition) is 2. The molecule has 0 saturated carbocycles. The van der Waals surface area contributed by atoms with E-state index in [0.717, 1.165) is 11.8 Å². The number of anilines is 1. The van der Waals surface area contributed by atoms with E-state index in [1.807, 2.05) is 12.3 Å². The van der Waals surface area contributed by atoms with Gasteiger partial charge in [0.05, 0.1) is 10.6 Å². The highest BCUT2D eigenvalue weighted by atomic mass is 32.1. The Balaban J connectivity index is 2.15. The zero-order valence-corrected chi connectivity index (χ0v) is 11.5. The largest absolute Gasteiger partial charge is 0.478 e. The second kappa shape index (κ2) is 5.77. The molecule has 0 bridgehead atoms. The zero-order valence-electron chi connectivity index (χ0n) is 9.91. The van der Waals surface area contributed by atoms with Crippen molar-refractivity contribution < 1.29 is 14.7 Å². The first-order chi connectivity index (χ1) is 9.06. The number of rotatable bonds is 4. The predicted molar refractivity (Wildman–Crippen MR) is 75.8 cm³/mol. The van der Waals surface area contributed by atoms with E-state index in [0.29, 0.717) is 15.6 Å². The van der Waals surface area contributed by atoms with Crippen LogP contribution in [0.1, 0.15) is 20.9 Å². The lowest BCUT2D eigenvalue weighted by Gasteiger charge is -2.00. The van der Waals surface area contributed by atoms with Gasteiger partial charge in [0.1, 0.15) is 0 Å². The number of thiophene rings is 1. The summed E-state index contributed by atoms with van der Waals surface area (Å²) in [4.78, 5) is 27.1. The van der Waals surface area contributed by atoms with Crippen molar-refractivity contribution in [3.8, 4) is 0 Å². The topological polar surface area (TPSA) is 79.3 Å². The standard InChI is InChI=1S/C12H10N2O3S2/c1-7-6-19-12(13-7)14-11(17)10-8(4-5-18-10)2-3-9(15)16/h2-6H,1H3,(H,15,16)(H,13,14,17). The maximum absolute atomic E-state index is 12.0. The highest BCUT2D eigenvalue weighted by Crippen LogP contribution is 2.21. The lowest BCUT2D eigenvalue weighted by Crippen LogP contribution is -2.11. The normalized spacial score (nSPS) is 10.8. The van der Waals surface area contributed by atoms with Gasteiger partial charge in [0.25, 0.3) is 5.91 Å². The summed E-state index contributed by atoms with van der Waals surface area (Å²) in [6.45, 7) is 1.85. The van der Waals surface area contributed by atoms with Crippen LogP contribution < -0.4 is 5.32 Å². The van der Waals surface area contributed by atoms with Crippen LogP contribution in [0.5, 0.6) is 0 Å². The summed E-state index contributed by atoms with van der Waals surface area (Å²) in [5.41, 5.74) is 1.43. The Morgan fingerprint density at radius 3 is 2.84 bits per heavy atom. The molecule has 2 aromatic heterocycles. The molecule has 0 aromatic carbocycles. The fourth-order valence-electron chi connectivity index (χ4n) is 1.36. The number of nitrogens with zero attached hydrogens (tertiary/aromatic N) is 1. The maximum Gasteiger partial charge on any atom is 0.328 e. The van der Waals surface area contributed by atoms with Crippen molar-refractivity contribution >= 4 is 45.8 Å². The maximum atomic E-state index is 12.0. The van der Waals surface area contributed by atoms with Crippen LogP contribution in [-0.4, -0.2) is 22.0 Å². The van der Waals surface area contributed by atoms with Gasteiger partial charge in [-0.25, -0.2) is 9.78 Å². The number of carboxylic acid groups (broad SMARTS) is 1. The van der Waals surface area contributed by atoms with Gasteiger partial charge in [0.2, 0.25) is 0 Å². The van der Waals surface area contributed by atoms with Crippen LogP contribution in [-0.2, 0) is 4.79 Å². The summed E-state index contributed by atoms with van der Waals surface area (Å²) >= 11 is 2.60. The molecule has 7 heteroatoms. The fourth-order valence-corrected chi connectivity index (χ4v) is 2.83. The second-order valence-electron chi connectivity index (χ2n) is 3.62. The Morgan fingerprint density at radius 1 is 1.42 bits per heavy atom. The average Bonchev–Trinajstić information content (AvgIpc) is 2.95. The van der Waals surface area contributed by atoms with Crippen molar-refractivity contribution in [2.24, 2.45) is 0 Å². The predicted octanol–water partition coefficient (Wildman–Crippen LogP) is 2.86. The molecule has 0 aliphatic heterocycles. The van der Waals surface area contributed by atoms with E-state index in [9.17, 15) is 9.59 Å². The van der Waals surface area contributed by atoms with Gasteiger partial charge >= 0.3 is 5.97 Å². The minimum absolute atomic E-state index is 0.283. The molecule has 19 heavy (non-hydrogen) atoms. The first-order valence-electron chi connectivity index (χ1n) is 5.28. The number of carboxylic acids is 1. The molecular weight excluding hydrogens is 284 g/mol. The molecule has 2 heterocycles. The molecular formula is C12H10N2O3S2. The van der Waals surface area contributed by atoms with Crippen LogP contribution in [0.25, 0.3) is 6.08 Å². The van der Waals surface area contributed by atoms with E-state index in [-0.39, 0.29) is 5.91 Å². The van der Waals surface area contributed by atoms with Crippen LogP contribution >= 0.6 is 22.7 Å². The molecule has 0 atom stereocenters. The Hall–Kier alpha value is -1.99. The van der Waals surface area contributed by atoms with E-state index < -0.39 is 5.97 Å². The Kier molecular flexibility index (Phi) is 4.08. The summed E-state index contributed by atoms with van der Waals surface area (Å²) in [5, 5.41) is 15.4. The van der Waals surface area contributed by atoms with Gasteiger partial charge in [-0.05, 0) is 30.0 Å². The van der Waals surface area contributed by atoms with Crippen molar-refractivity contribution in [3.63, 3.8) is 0 Å².